The van der Waals surface area contributed by atoms with E-state index in [1.54, 1.807) is 24.3 Å². The summed E-state index contributed by atoms with van der Waals surface area (Å²) in [6.45, 7) is 2.97. The molecule has 1 fully saturated rings. The minimum atomic E-state index is -4.43. The van der Waals surface area contributed by atoms with Crippen molar-refractivity contribution in [3.63, 3.8) is 0 Å². The summed E-state index contributed by atoms with van der Waals surface area (Å²) in [5.74, 6) is 6.08. The zero-order valence-electron chi connectivity index (χ0n) is 22.2. The molecule has 3 aromatic rings. The van der Waals surface area contributed by atoms with Crippen molar-refractivity contribution < 1.29 is 31.1 Å². The predicted molar refractivity (Wildman–Crippen MR) is 146 cm³/mol. The molecule has 3 atom stereocenters. The molecule has 210 valence electrons. The lowest BCUT2D eigenvalue weighted by atomic mass is 9.99. The molecule has 1 aromatic heterocycles. The Labute approximate surface area is 226 Å². The average Bonchev–Trinajstić information content (AvgIpc) is 3.17. The molecule has 0 saturated carbocycles. The molecule has 39 heavy (non-hydrogen) atoms. The van der Waals surface area contributed by atoms with Crippen molar-refractivity contribution >= 4 is 32.1 Å². The van der Waals surface area contributed by atoms with Gasteiger partial charge >= 0.3 is 6.18 Å². The molecule has 11 heteroatoms. The molecular weight excluding hydrogens is 531 g/mol. The van der Waals surface area contributed by atoms with Gasteiger partial charge in [0.05, 0.1) is 47.7 Å². The second-order valence-electron chi connectivity index (χ2n) is 9.83. The summed E-state index contributed by atoms with van der Waals surface area (Å²) in [6, 6.07) is 11.5. The van der Waals surface area contributed by atoms with Crippen LogP contribution in [0, 0.1) is 11.8 Å². The third-order valence-corrected chi connectivity index (χ3v) is 7.64. The molecule has 1 saturated heterocycles. The number of nitrogens with one attached hydrogen (secondary N) is 2. The minimum Gasteiger partial charge on any atom is -0.495 e. The molecule has 0 aliphatic carbocycles. The van der Waals surface area contributed by atoms with Gasteiger partial charge < -0.3 is 24.7 Å². The lowest BCUT2D eigenvalue weighted by molar-refractivity contribution is -0.140. The van der Waals surface area contributed by atoms with E-state index in [1.807, 2.05) is 19.9 Å². The van der Waals surface area contributed by atoms with E-state index >= 15 is 0 Å². The molecule has 0 spiro atoms. The number of anilines is 2. The van der Waals surface area contributed by atoms with Crippen LogP contribution in [0.3, 0.4) is 0 Å². The van der Waals surface area contributed by atoms with Gasteiger partial charge in [0, 0.05) is 29.4 Å². The van der Waals surface area contributed by atoms with Gasteiger partial charge in [-0.05, 0) is 62.9 Å². The Balaban J connectivity index is 1.61. The van der Waals surface area contributed by atoms with Crippen molar-refractivity contribution in [1.29, 1.82) is 0 Å². The number of rotatable bonds is 7. The molecular formula is C28H32F3N3O4S. The van der Waals surface area contributed by atoms with E-state index < -0.39 is 22.6 Å². The van der Waals surface area contributed by atoms with Crippen LogP contribution in [-0.4, -0.2) is 57.3 Å². The molecule has 1 aliphatic rings. The van der Waals surface area contributed by atoms with E-state index in [9.17, 15) is 21.6 Å². The maximum atomic E-state index is 13.5. The Morgan fingerprint density at radius 2 is 1.82 bits per heavy atom. The number of nitrogens with zero attached hydrogens (tertiary/aromatic N) is 1. The number of sulfone groups is 1. The third kappa shape index (κ3) is 7.19. The SMILES string of the molecule is COc1cc(S(C)(=O)=O)ccc1NCC#Cc1cc2c(N[C@@H]3C[C@@H](C)O[C@@H](C)C3)cccc2n1CC(F)(F)F. The summed E-state index contributed by atoms with van der Waals surface area (Å²) in [6.07, 6.45) is -1.53. The van der Waals surface area contributed by atoms with Gasteiger partial charge in [-0.1, -0.05) is 12.0 Å². The first-order valence-electron chi connectivity index (χ1n) is 12.6. The van der Waals surface area contributed by atoms with Crippen LogP contribution in [0.1, 0.15) is 32.4 Å². The lowest BCUT2D eigenvalue weighted by Gasteiger charge is -2.33. The predicted octanol–water partition coefficient (Wildman–Crippen LogP) is 5.45. The fourth-order valence-corrected chi connectivity index (χ4v) is 5.57. The monoisotopic (exact) mass is 563 g/mol. The van der Waals surface area contributed by atoms with Crippen LogP contribution in [0.4, 0.5) is 24.5 Å². The first-order valence-corrected chi connectivity index (χ1v) is 14.4. The fourth-order valence-electron chi connectivity index (χ4n) is 4.93. The van der Waals surface area contributed by atoms with Gasteiger partial charge in [-0.3, -0.25) is 0 Å². The fraction of sp³-hybridized carbons (Fsp3) is 0.429. The molecule has 7 nitrogen and oxygen atoms in total. The molecule has 2 N–H and O–H groups in total. The number of fused-ring (bicyclic) bond motifs is 1. The topological polar surface area (TPSA) is 81.6 Å². The first kappa shape index (κ1) is 28.6. The Bertz CT molecular complexity index is 1500. The van der Waals surface area contributed by atoms with Crippen molar-refractivity contribution in [1.82, 2.24) is 4.57 Å². The number of benzene rings is 2. The highest BCUT2D eigenvalue weighted by Crippen LogP contribution is 2.32. The van der Waals surface area contributed by atoms with Gasteiger partial charge in [0.2, 0.25) is 0 Å². The quantitative estimate of drug-likeness (QED) is 0.373. The highest BCUT2D eigenvalue weighted by atomic mass is 32.2. The zero-order valence-corrected chi connectivity index (χ0v) is 23.0. The Hall–Kier alpha value is -3.36. The maximum absolute atomic E-state index is 13.5. The van der Waals surface area contributed by atoms with E-state index in [0.29, 0.717) is 22.3 Å². The maximum Gasteiger partial charge on any atom is 0.406 e. The number of hydrogen-bond donors (Lipinski definition) is 2. The van der Waals surface area contributed by atoms with Crippen LogP contribution in [0.15, 0.2) is 47.4 Å². The van der Waals surface area contributed by atoms with E-state index in [4.69, 9.17) is 9.47 Å². The lowest BCUT2D eigenvalue weighted by Crippen LogP contribution is -2.36. The number of methoxy groups -OCH3 is 1. The molecule has 4 rings (SSSR count). The molecule has 1 aliphatic heterocycles. The van der Waals surface area contributed by atoms with E-state index in [0.717, 1.165) is 24.8 Å². The van der Waals surface area contributed by atoms with Crippen molar-refractivity contribution in [2.45, 2.75) is 62.6 Å². The van der Waals surface area contributed by atoms with Crippen molar-refractivity contribution in [2.24, 2.45) is 0 Å². The molecule has 2 heterocycles. The van der Waals surface area contributed by atoms with Crippen LogP contribution >= 0.6 is 0 Å². The summed E-state index contributed by atoms with van der Waals surface area (Å²) < 4.78 is 76.5. The second kappa shape index (κ2) is 11.4. The highest BCUT2D eigenvalue weighted by Gasteiger charge is 2.30. The van der Waals surface area contributed by atoms with Crippen molar-refractivity contribution in [2.75, 3.05) is 30.5 Å². The van der Waals surface area contributed by atoms with Crippen LogP contribution < -0.4 is 15.4 Å². The van der Waals surface area contributed by atoms with E-state index in [-0.39, 0.29) is 35.4 Å². The van der Waals surface area contributed by atoms with Crippen molar-refractivity contribution in [3.05, 3.63) is 48.2 Å². The second-order valence-corrected chi connectivity index (χ2v) is 11.8. The summed E-state index contributed by atoms with van der Waals surface area (Å²) >= 11 is 0. The van der Waals surface area contributed by atoms with Crippen molar-refractivity contribution in [3.8, 4) is 17.6 Å². The summed E-state index contributed by atoms with van der Waals surface area (Å²) in [5.41, 5.74) is 1.96. The smallest absolute Gasteiger partial charge is 0.406 e. The minimum absolute atomic E-state index is 0.0930. The standard InChI is InChI=1S/C28H32F3N3O4S/c1-18-13-20(14-19(2)38-18)33-24-8-5-9-26-23(24)15-21(34(26)17-28(29,30)31)7-6-12-32-25-11-10-22(39(4,35)36)16-27(25)37-3/h5,8-11,15-16,18-20,32-33H,12-14,17H2,1-4H3/t18-,19+,20-. The molecule has 0 unspecified atom stereocenters. The summed E-state index contributed by atoms with van der Waals surface area (Å²) in [7, 11) is -1.99. The summed E-state index contributed by atoms with van der Waals surface area (Å²) in [4.78, 5) is 0.113. The van der Waals surface area contributed by atoms with Gasteiger partial charge in [-0.15, -0.1) is 0 Å². The molecule has 2 aromatic carbocycles. The van der Waals surface area contributed by atoms with Gasteiger partial charge in [-0.25, -0.2) is 8.42 Å². The third-order valence-electron chi connectivity index (χ3n) is 6.53. The molecule has 0 bridgehead atoms. The van der Waals surface area contributed by atoms with Crippen LogP contribution in [0.25, 0.3) is 10.9 Å². The number of aromatic nitrogens is 1. The number of halogens is 3. The normalized spacial score (nSPS) is 19.8. The van der Waals surface area contributed by atoms with E-state index in [1.165, 1.54) is 23.8 Å². The first-order chi connectivity index (χ1) is 18.3. The van der Waals surface area contributed by atoms with Gasteiger partial charge in [-0.2, -0.15) is 13.2 Å². The van der Waals surface area contributed by atoms with Crippen LogP contribution in [0.2, 0.25) is 0 Å². The number of hydrogen-bond acceptors (Lipinski definition) is 6. The average molecular weight is 564 g/mol. The highest BCUT2D eigenvalue weighted by molar-refractivity contribution is 7.90. The Kier molecular flexibility index (Phi) is 8.37. The van der Waals surface area contributed by atoms with Gasteiger partial charge in [0.25, 0.3) is 0 Å². The number of alkyl halides is 3. The Morgan fingerprint density at radius 3 is 2.46 bits per heavy atom. The summed E-state index contributed by atoms with van der Waals surface area (Å²) in [5, 5.41) is 7.22. The Morgan fingerprint density at radius 1 is 1.10 bits per heavy atom. The largest absolute Gasteiger partial charge is 0.495 e. The van der Waals surface area contributed by atoms with Crippen LogP contribution in [0.5, 0.6) is 5.75 Å². The van der Waals surface area contributed by atoms with E-state index in [2.05, 4.69) is 22.5 Å². The van der Waals surface area contributed by atoms with Gasteiger partial charge in [0.15, 0.2) is 9.84 Å². The zero-order chi connectivity index (χ0) is 28.4. The van der Waals surface area contributed by atoms with Gasteiger partial charge in [0.1, 0.15) is 12.3 Å². The number of ether oxygens (including phenoxy) is 2. The van der Waals surface area contributed by atoms with Crippen LogP contribution in [-0.2, 0) is 21.1 Å². The molecule has 0 radical (unpaired) electrons. The molecule has 0 amide bonds.